The fourth-order valence-corrected chi connectivity index (χ4v) is 2.63. The number of methoxy groups -OCH3 is 1. The third-order valence-corrected chi connectivity index (χ3v) is 3.94. The number of amides is 2. The van der Waals surface area contributed by atoms with Crippen molar-refractivity contribution in [3.63, 3.8) is 0 Å². The molecular weight excluding hydrogens is 335 g/mol. The van der Waals surface area contributed by atoms with Crippen molar-refractivity contribution in [2.24, 2.45) is 7.05 Å². The average Bonchev–Trinajstić information content (AvgIpc) is 3.07. The number of para-hydroxylation sites is 1. The van der Waals surface area contributed by atoms with Crippen molar-refractivity contribution in [3.8, 4) is 5.75 Å². The van der Waals surface area contributed by atoms with Crippen LogP contribution in [0.2, 0.25) is 0 Å². The van der Waals surface area contributed by atoms with Gasteiger partial charge >= 0.3 is 6.03 Å². The van der Waals surface area contributed by atoms with E-state index in [-0.39, 0.29) is 5.69 Å². The van der Waals surface area contributed by atoms with Crippen molar-refractivity contribution in [1.29, 1.82) is 0 Å². The van der Waals surface area contributed by atoms with Crippen molar-refractivity contribution in [1.82, 2.24) is 14.9 Å². The minimum absolute atomic E-state index is 0.106. The van der Waals surface area contributed by atoms with Crippen molar-refractivity contribution < 1.29 is 13.9 Å². The number of carbonyl (C=O) groups is 1. The summed E-state index contributed by atoms with van der Waals surface area (Å²) in [6.45, 7) is 0. The van der Waals surface area contributed by atoms with Gasteiger partial charge in [0.15, 0.2) is 0 Å². The summed E-state index contributed by atoms with van der Waals surface area (Å²) in [6.07, 6.45) is 3.44. The number of carbonyl (C=O) groups excluding carboxylic acids is 1. The van der Waals surface area contributed by atoms with Gasteiger partial charge in [0.05, 0.1) is 12.8 Å². The van der Waals surface area contributed by atoms with E-state index < -0.39 is 17.9 Å². The minimum Gasteiger partial charge on any atom is -0.497 e. The summed E-state index contributed by atoms with van der Waals surface area (Å²) in [4.78, 5) is 16.8. The van der Waals surface area contributed by atoms with E-state index in [0.29, 0.717) is 11.6 Å². The predicted molar refractivity (Wildman–Crippen MR) is 96.6 cm³/mol. The largest absolute Gasteiger partial charge is 0.497 e. The molecule has 0 saturated carbocycles. The molecule has 0 spiro atoms. The molecule has 0 aliphatic rings. The van der Waals surface area contributed by atoms with Crippen LogP contribution in [-0.2, 0) is 7.05 Å². The number of rotatable bonds is 5. The standard InChI is InChI=1S/C19H19FN4O2/c1-24-11-10-21-18(24)17(13-6-5-7-14(12-13)26-2)23-19(25)22-16-9-4-3-8-15(16)20/h3-12,17H,1-2H3,(H2,22,23,25)/t17-/m1/s1. The first-order chi connectivity index (χ1) is 12.6. The van der Waals surface area contributed by atoms with Crippen LogP contribution in [0.1, 0.15) is 17.4 Å². The molecule has 134 valence electrons. The first-order valence-corrected chi connectivity index (χ1v) is 8.01. The Morgan fingerprint density at radius 2 is 2.04 bits per heavy atom. The maximum atomic E-state index is 13.8. The van der Waals surface area contributed by atoms with E-state index in [2.05, 4.69) is 15.6 Å². The van der Waals surface area contributed by atoms with Gasteiger partial charge in [-0.3, -0.25) is 0 Å². The smallest absolute Gasteiger partial charge is 0.320 e. The molecule has 0 fully saturated rings. The van der Waals surface area contributed by atoms with Crippen molar-refractivity contribution in [3.05, 3.63) is 78.1 Å². The summed E-state index contributed by atoms with van der Waals surface area (Å²) in [5, 5.41) is 5.38. The van der Waals surface area contributed by atoms with Crippen LogP contribution in [0.3, 0.4) is 0 Å². The molecule has 1 heterocycles. The monoisotopic (exact) mass is 354 g/mol. The van der Waals surface area contributed by atoms with Gasteiger partial charge in [-0.25, -0.2) is 14.2 Å². The molecule has 1 aromatic heterocycles. The summed E-state index contributed by atoms with van der Waals surface area (Å²) in [5.74, 6) is 0.803. The molecule has 2 amide bonds. The number of hydrogen-bond acceptors (Lipinski definition) is 3. The highest BCUT2D eigenvalue weighted by atomic mass is 19.1. The fraction of sp³-hybridized carbons (Fsp3) is 0.158. The normalized spacial score (nSPS) is 11.7. The number of nitrogens with zero attached hydrogens (tertiary/aromatic N) is 2. The van der Waals surface area contributed by atoms with Crippen LogP contribution >= 0.6 is 0 Å². The Bertz CT molecular complexity index is 910. The summed E-state index contributed by atoms with van der Waals surface area (Å²) in [7, 11) is 3.42. The highest BCUT2D eigenvalue weighted by Crippen LogP contribution is 2.24. The lowest BCUT2D eigenvalue weighted by Gasteiger charge is -2.20. The molecule has 0 unspecified atom stereocenters. The lowest BCUT2D eigenvalue weighted by Crippen LogP contribution is -2.34. The summed E-state index contributed by atoms with van der Waals surface area (Å²) in [6, 6.07) is 12.3. The highest BCUT2D eigenvalue weighted by molar-refractivity contribution is 5.89. The minimum atomic E-state index is -0.536. The third-order valence-electron chi connectivity index (χ3n) is 3.94. The van der Waals surface area contributed by atoms with Crippen LogP contribution in [0.5, 0.6) is 5.75 Å². The third kappa shape index (κ3) is 3.83. The van der Waals surface area contributed by atoms with Gasteiger partial charge in [-0.1, -0.05) is 24.3 Å². The molecule has 7 heteroatoms. The molecule has 2 N–H and O–H groups in total. The molecule has 3 aromatic rings. The second-order valence-electron chi connectivity index (χ2n) is 5.68. The van der Waals surface area contributed by atoms with Crippen molar-refractivity contribution in [2.75, 3.05) is 12.4 Å². The van der Waals surface area contributed by atoms with Gasteiger partial charge in [0.25, 0.3) is 0 Å². The number of anilines is 1. The highest BCUT2D eigenvalue weighted by Gasteiger charge is 2.21. The predicted octanol–water partition coefficient (Wildman–Crippen LogP) is 3.48. The van der Waals surface area contributed by atoms with Crippen LogP contribution in [0.25, 0.3) is 0 Å². The Hall–Kier alpha value is -3.35. The second-order valence-corrected chi connectivity index (χ2v) is 5.68. The number of hydrogen-bond donors (Lipinski definition) is 2. The Kier molecular flexibility index (Phi) is 5.17. The summed E-state index contributed by atoms with van der Waals surface area (Å²) < 4.78 is 20.8. The van der Waals surface area contributed by atoms with E-state index in [1.165, 1.54) is 12.1 Å². The lowest BCUT2D eigenvalue weighted by molar-refractivity contribution is 0.249. The van der Waals surface area contributed by atoms with E-state index in [1.54, 1.807) is 31.6 Å². The Balaban J connectivity index is 1.88. The number of imidazole rings is 1. The Morgan fingerprint density at radius 3 is 2.73 bits per heavy atom. The molecule has 0 saturated heterocycles. The SMILES string of the molecule is COc1cccc([C@@H](NC(=O)Nc2ccccc2F)c2nccn2C)c1. The van der Waals surface area contributed by atoms with Crippen molar-refractivity contribution in [2.45, 2.75) is 6.04 Å². The van der Waals surface area contributed by atoms with Gasteiger partial charge < -0.3 is 19.9 Å². The fourth-order valence-electron chi connectivity index (χ4n) is 2.63. The van der Waals surface area contributed by atoms with Crippen LogP contribution in [-0.4, -0.2) is 22.7 Å². The number of benzene rings is 2. The molecule has 0 aliphatic carbocycles. The van der Waals surface area contributed by atoms with Crippen molar-refractivity contribution >= 4 is 11.7 Å². The zero-order chi connectivity index (χ0) is 18.5. The molecule has 3 rings (SSSR count). The Morgan fingerprint density at radius 1 is 1.23 bits per heavy atom. The first-order valence-electron chi connectivity index (χ1n) is 8.01. The zero-order valence-corrected chi connectivity index (χ0v) is 14.4. The van der Waals surface area contributed by atoms with Gasteiger partial charge in [0.2, 0.25) is 0 Å². The second kappa shape index (κ2) is 7.69. The van der Waals surface area contributed by atoms with E-state index in [4.69, 9.17) is 4.74 Å². The van der Waals surface area contributed by atoms with Crippen LogP contribution < -0.4 is 15.4 Å². The lowest BCUT2D eigenvalue weighted by atomic mass is 10.1. The van der Waals surface area contributed by atoms with Gasteiger partial charge in [0.1, 0.15) is 23.4 Å². The quantitative estimate of drug-likeness (QED) is 0.737. The van der Waals surface area contributed by atoms with Crippen LogP contribution in [0.15, 0.2) is 60.9 Å². The summed E-state index contributed by atoms with van der Waals surface area (Å²) >= 11 is 0. The molecule has 0 aliphatic heterocycles. The topological polar surface area (TPSA) is 68.2 Å². The molecule has 26 heavy (non-hydrogen) atoms. The van der Waals surface area contributed by atoms with Gasteiger partial charge in [-0.15, -0.1) is 0 Å². The maximum Gasteiger partial charge on any atom is 0.320 e. The maximum absolute atomic E-state index is 13.8. The van der Waals surface area contributed by atoms with E-state index in [9.17, 15) is 9.18 Å². The number of aromatic nitrogens is 2. The van der Waals surface area contributed by atoms with E-state index in [1.807, 2.05) is 35.9 Å². The first kappa shape index (κ1) is 17.5. The molecule has 2 aromatic carbocycles. The van der Waals surface area contributed by atoms with Gasteiger partial charge in [-0.2, -0.15) is 0 Å². The number of halogens is 1. The van der Waals surface area contributed by atoms with E-state index in [0.717, 1.165) is 5.56 Å². The number of ether oxygens (including phenoxy) is 1. The van der Waals surface area contributed by atoms with Crippen LogP contribution in [0, 0.1) is 5.82 Å². The van der Waals surface area contributed by atoms with Crippen LogP contribution in [0.4, 0.5) is 14.9 Å². The van der Waals surface area contributed by atoms with E-state index >= 15 is 0 Å². The van der Waals surface area contributed by atoms with Gasteiger partial charge in [-0.05, 0) is 29.8 Å². The molecular formula is C19H19FN4O2. The molecule has 0 radical (unpaired) electrons. The molecule has 6 nitrogen and oxygen atoms in total. The molecule has 0 bridgehead atoms. The summed E-state index contributed by atoms with van der Waals surface area (Å²) in [5.41, 5.74) is 0.900. The average molecular weight is 354 g/mol. The molecule has 1 atom stereocenters. The number of nitrogens with one attached hydrogen (secondary N) is 2. The zero-order valence-electron chi connectivity index (χ0n) is 14.4. The van der Waals surface area contributed by atoms with Gasteiger partial charge in [0, 0.05) is 19.4 Å². The number of urea groups is 1. The number of aryl methyl sites for hydroxylation is 1. The Labute approximate surface area is 150 Å².